The number of methoxy groups -OCH3 is 1. The predicted molar refractivity (Wildman–Crippen MR) is 122 cm³/mol. The monoisotopic (exact) mass is 469 g/mol. The number of rotatable bonds is 7. The zero-order valence-electron chi connectivity index (χ0n) is 17.0. The molecule has 4 rings (SSSR count). The molecule has 7 nitrogen and oxygen atoms in total. The van der Waals surface area contributed by atoms with Crippen molar-refractivity contribution in [1.29, 1.82) is 0 Å². The Morgan fingerprint density at radius 1 is 1.09 bits per heavy atom. The maximum atomic E-state index is 13.4. The third-order valence-electron chi connectivity index (χ3n) is 4.96. The summed E-state index contributed by atoms with van der Waals surface area (Å²) in [6, 6.07) is 17.8. The van der Waals surface area contributed by atoms with Crippen LogP contribution in [0.15, 0.2) is 86.2 Å². The molecule has 0 aliphatic rings. The molecule has 0 aliphatic heterocycles. The Balaban J connectivity index is 1.62. The number of ether oxygens (including phenoxy) is 1. The average molecular weight is 470 g/mol. The first kappa shape index (κ1) is 21.8. The average Bonchev–Trinajstić information content (AvgIpc) is 3.33. The fourth-order valence-electron chi connectivity index (χ4n) is 3.27. The van der Waals surface area contributed by atoms with E-state index >= 15 is 0 Å². The van der Waals surface area contributed by atoms with Gasteiger partial charge in [-0.1, -0.05) is 24.3 Å². The molecular formula is C23H19NO6S2. The lowest BCUT2D eigenvalue weighted by atomic mass is 10.2. The van der Waals surface area contributed by atoms with Gasteiger partial charge in [0.2, 0.25) is 0 Å². The standard InChI is InChI=1S/C23H19NO6S2/c1-29-16-8-10-17(11-9-16)32(27,28)21(20-7-4-12-31-20)14-24-22(25)18-13-15-5-2-3-6-19(15)30-23(18)26/h2-13,21H,14H2,1H3,(H,24,25)/t21-/m1/s1. The lowest BCUT2D eigenvalue weighted by Crippen LogP contribution is -2.34. The van der Waals surface area contributed by atoms with Crippen molar-refractivity contribution >= 4 is 38.1 Å². The number of carbonyl (C=O) groups excluding carboxylic acids is 1. The third-order valence-corrected chi connectivity index (χ3v) is 8.19. The molecule has 9 heteroatoms. The fraction of sp³-hybridized carbons (Fsp3) is 0.130. The summed E-state index contributed by atoms with van der Waals surface area (Å²) in [6.45, 7) is -0.208. The van der Waals surface area contributed by atoms with Crippen molar-refractivity contribution in [3.05, 3.63) is 93.0 Å². The summed E-state index contributed by atoms with van der Waals surface area (Å²) < 4.78 is 37.0. The first-order chi connectivity index (χ1) is 15.4. The second-order valence-electron chi connectivity index (χ2n) is 6.92. The number of thiophene rings is 1. The Hall–Kier alpha value is -3.43. The molecule has 164 valence electrons. The number of carbonyl (C=O) groups is 1. The minimum atomic E-state index is -3.83. The summed E-state index contributed by atoms with van der Waals surface area (Å²) in [5.41, 5.74) is -0.602. The molecule has 0 saturated carbocycles. The molecule has 2 heterocycles. The van der Waals surface area contributed by atoms with Crippen molar-refractivity contribution < 1.29 is 22.4 Å². The molecule has 1 atom stereocenters. The minimum Gasteiger partial charge on any atom is -0.497 e. The van der Waals surface area contributed by atoms with Crippen molar-refractivity contribution in [2.75, 3.05) is 13.7 Å². The number of nitrogens with one attached hydrogen (secondary N) is 1. The molecule has 32 heavy (non-hydrogen) atoms. The smallest absolute Gasteiger partial charge is 0.349 e. The van der Waals surface area contributed by atoms with E-state index in [2.05, 4.69) is 5.32 Å². The summed E-state index contributed by atoms with van der Waals surface area (Å²) in [5.74, 6) is -0.163. The van der Waals surface area contributed by atoms with E-state index in [-0.39, 0.29) is 17.0 Å². The van der Waals surface area contributed by atoms with E-state index in [1.165, 1.54) is 36.6 Å². The number of benzene rings is 2. The maximum Gasteiger partial charge on any atom is 0.349 e. The molecule has 2 aromatic carbocycles. The molecule has 4 aromatic rings. The molecule has 0 unspecified atom stereocenters. The molecule has 0 fully saturated rings. The van der Waals surface area contributed by atoms with E-state index in [4.69, 9.17) is 9.15 Å². The summed E-state index contributed by atoms with van der Waals surface area (Å²) in [7, 11) is -2.34. The van der Waals surface area contributed by atoms with Gasteiger partial charge in [0.1, 0.15) is 22.1 Å². The van der Waals surface area contributed by atoms with Gasteiger partial charge in [-0.3, -0.25) is 4.79 Å². The molecule has 1 amide bonds. The maximum absolute atomic E-state index is 13.4. The quantitative estimate of drug-likeness (QED) is 0.413. The van der Waals surface area contributed by atoms with E-state index in [1.807, 2.05) is 0 Å². The van der Waals surface area contributed by atoms with Crippen molar-refractivity contribution in [3.63, 3.8) is 0 Å². The zero-order valence-corrected chi connectivity index (χ0v) is 18.6. The normalized spacial score (nSPS) is 12.4. The van der Waals surface area contributed by atoms with Crippen LogP contribution in [0.2, 0.25) is 0 Å². The van der Waals surface area contributed by atoms with Crippen LogP contribution in [0.1, 0.15) is 20.5 Å². The van der Waals surface area contributed by atoms with Crippen LogP contribution in [0.5, 0.6) is 5.75 Å². The molecule has 2 aromatic heterocycles. The SMILES string of the molecule is COc1ccc(S(=O)(=O)[C@H](CNC(=O)c2cc3ccccc3oc2=O)c2cccs2)cc1. The highest BCUT2D eigenvalue weighted by atomic mass is 32.2. The number of fused-ring (bicyclic) bond motifs is 1. The van der Waals surface area contributed by atoms with E-state index in [9.17, 15) is 18.0 Å². The lowest BCUT2D eigenvalue weighted by molar-refractivity contribution is 0.0950. The van der Waals surface area contributed by atoms with Crippen molar-refractivity contribution in [2.24, 2.45) is 0 Å². The fourth-order valence-corrected chi connectivity index (χ4v) is 6.05. The van der Waals surface area contributed by atoms with Gasteiger partial charge in [-0.05, 0) is 47.8 Å². The molecular weight excluding hydrogens is 450 g/mol. The highest BCUT2D eigenvalue weighted by Gasteiger charge is 2.31. The molecule has 0 radical (unpaired) electrons. The van der Waals surface area contributed by atoms with Gasteiger partial charge in [-0.25, -0.2) is 13.2 Å². The second kappa shape index (κ2) is 8.97. The van der Waals surface area contributed by atoms with Gasteiger partial charge in [-0.2, -0.15) is 0 Å². The van der Waals surface area contributed by atoms with Crippen LogP contribution in [0.4, 0.5) is 0 Å². The van der Waals surface area contributed by atoms with Crippen LogP contribution in [0.25, 0.3) is 11.0 Å². The van der Waals surface area contributed by atoms with Crippen LogP contribution in [-0.4, -0.2) is 28.0 Å². The number of hydrogen-bond acceptors (Lipinski definition) is 7. The van der Waals surface area contributed by atoms with Crippen LogP contribution in [-0.2, 0) is 9.84 Å². The largest absolute Gasteiger partial charge is 0.497 e. The van der Waals surface area contributed by atoms with Crippen LogP contribution < -0.4 is 15.7 Å². The third kappa shape index (κ3) is 4.30. The second-order valence-corrected chi connectivity index (χ2v) is 10.0. The Bertz CT molecular complexity index is 1410. The topological polar surface area (TPSA) is 103 Å². The number of hydrogen-bond donors (Lipinski definition) is 1. The molecule has 0 aliphatic carbocycles. The first-order valence-corrected chi connectivity index (χ1v) is 12.0. The highest BCUT2D eigenvalue weighted by Crippen LogP contribution is 2.32. The number of amides is 1. The van der Waals surface area contributed by atoms with Crippen molar-refractivity contribution in [3.8, 4) is 5.75 Å². The van der Waals surface area contributed by atoms with Gasteiger partial charge in [0.25, 0.3) is 5.91 Å². The van der Waals surface area contributed by atoms with E-state index in [0.717, 1.165) is 0 Å². The van der Waals surface area contributed by atoms with Crippen molar-refractivity contribution in [2.45, 2.75) is 10.1 Å². The van der Waals surface area contributed by atoms with Gasteiger partial charge in [-0.15, -0.1) is 11.3 Å². The summed E-state index contributed by atoms with van der Waals surface area (Å²) in [5, 5.41) is 3.94. The number of sulfone groups is 1. The van der Waals surface area contributed by atoms with Gasteiger partial charge < -0.3 is 14.5 Å². The Morgan fingerprint density at radius 2 is 1.84 bits per heavy atom. The number of para-hydroxylation sites is 1. The first-order valence-electron chi connectivity index (χ1n) is 9.62. The summed E-state index contributed by atoms with van der Waals surface area (Å²) in [4.78, 5) is 25.7. The summed E-state index contributed by atoms with van der Waals surface area (Å²) in [6.07, 6.45) is 0. The van der Waals surface area contributed by atoms with Gasteiger partial charge >= 0.3 is 5.63 Å². The lowest BCUT2D eigenvalue weighted by Gasteiger charge is -2.17. The molecule has 0 bridgehead atoms. The van der Waals surface area contributed by atoms with Crippen LogP contribution >= 0.6 is 11.3 Å². The predicted octanol–water partition coefficient (Wildman–Crippen LogP) is 3.81. The molecule has 0 saturated heterocycles. The van der Waals surface area contributed by atoms with Crippen LogP contribution in [0, 0.1) is 0 Å². The minimum absolute atomic E-state index is 0.108. The molecule has 1 N–H and O–H groups in total. The van der Waals surface area contributed by atoms with E-state index in [0.29, 0.717) is 21.6 Å². The van der Waals surface area contributed by atoms with E-state index < -0.39 is 26.6 Å². The van der Waals surface area contributed by atoms with Gasteiger partial charge in [0.15, 0.2) is 9.84 Å². The molecule has 0 spiro atoms. The van der Waals surface area contributed by atoms with Gasteiger partial charge in [0, 0.05) is 16.8 Å². The van der Waals surface area contributed by atoms with Gasteiger partial charge in [0.05, 0.1) is 12.0 Å². The van der Waals surface area contributed by atoms with Crippen molar-refractivity contribution in [1.82, 2.24) is 5.32 Å². The zero-order chi connectivity index (χ0) is 22.7. The van der Waals surface area contributed by atoms with Crippen LogP contribution in [0.3, 0.4) is 0 Å². The Kier molecular flexibility index (Phi) is 6.11. The Morgan fingerprint density at radius 3 is 2.53 bits per heavy atom. The highest BCUT2D eigenvalue weighted by molar-refractivity contribution is 7.91. The van der Waals surface area contributed by atoms with E-state index in [1.54, 1.807) is 53.9 Å². The summed E-state index contributed by atoms with van der Waals surface area (Å²) >= 11 is 1.28. The Labute approximate surface area is 188 Å².